The third kappa shape index (κ3) is 4.43. The lowest BCUT2D eigenvalue weighted by Crippen LogP contribution is -2.25. The van der Waals surface area contributed by atoms with E-state index in [1.807, 2.05) is 30.3 Å². The minimum absolute atomic E-state index is 0.00251. The number of nitrogens with one attached hydrogen (secondary N) is 1. The van der Waals surface area contributed by atoms with Crippen molar-refractivity contribution >= 4 is 15.7 Å². The number of rotatable bonds is 7. The van der Waals surface area contributed by atoms with Crippen molar-refractivity contribution in [1.29, 1.82) is 0 Å². The van der Waals surface area contributed by atoms with E-state index in [0.29, 0.717) is 18.1 Å². The Labute approximate surface area is 158 Å². The normalized spacial score (nSPS) is 11.3. The molecular weight excluding hydrogens is 364 g/mol. The molecule has 0 spiro atoms. The summed E-state index contributed by atoms with van der Waals surface area (Å²) >= 11 is 0. The molecule has 7 heteroatoms. The molecular formula is C20H20N2O4S. The van der Waals surface area contributed by atoms with Crippen molar-refractivity contribution in [2.45, 2.75) is 24.8 Å². The molecule has 3 rings (SSSR count). The van der Waals surface area contributed by atoms with Gasteiger partial charge in [-0.2, -0.15) is 0 Å². The molecule has 0 saturated heterocycles. The van der Waals surface area contributed by atoms with Crippen LogP contribution in [0.4, 0.5) is 0 Å². The summed E-state index contributed by atoms with van der Waals surface area (Å²) in [6.45, 7) is 1.85. The van der Waals surface area contributed by atoms with E-state index < -0.39 is 15.7 Å². The maximum Gasteiger partial charge on any atom is 0.253 e. The summed E-state index contributed by atoms with van der Waals surface area (Å²) < 4.78 is 30.4. The molecule has 0 aliphatic carbocycles. The monoisotopic (exact) mass is 384 g/mol. The summed E-state index contributed by atoms with van der Waals surface area (Å²) in [6.07, 6.45) is 2.08. The van der Waals surface area contributed by atoms with E-state index in [1.165, 1.54) is 12.1 Å². The molecule has 0 radical (unpaired) electrons. The molecule has 0 saturated carbocycles. The van der Waals surface area contributed by atoms with Crippen LogP contribution in [0, 0.1) is 0 Å². The maximum atomic E-state index is 12.5. The number of carbonyl (C=O) groups is 1. The number of nitrogens with zero attached hydrogens (tertiary/aromatic N) is 1. The second-order valence-electron chi connectivity index (χ2n) is 5.98. The SMILES string of the molecule is CCCS(=O)(=O)c1ccccc1C(=O)NCc1ncc(-c2ccccc2)o1. The molecule has 0 bridgehead atoms. The van der Waals surface area contributed by atoms with Crippen LogP contribution in [-0.2, 0) is 16.4 Å². The zero-order chi connectivity index (χ0) is 19.3. The molecule has 0 aliphatic rings. The van der Waals surface area contributed by atoms with Gasteiger partial charge < -0.3 is 9.73 Å². The fraction of sp³-hybridized carbons (Fsp3) is 0.200. The molecule has 2 aromatic carbocycles. The van der Waals surface area contributed by atoms with Crippen molar-refractivity contribution in [3.63, 3.8) is 0 Å². The van der Waals surface area contributed by atoms with Crippen LogP contribution >= 0.6 is 0 Å². The second-order valence-corrected chi connectivity index (χ2v) is 8.06. The summed E-state index contributed by atoms with van der Waals surface area (Å²) in [7, 11) is -3.50. The third-order valence-electron chi connectivity index (χ3n) is 3.95. The van der Waals surface area contributed by atoms with Crippen LogP contribution in [0.2, 0.25) is 0 Å². The van der Waals surface area contributed by atoms with Gasteiger partial charge in [-0.1, -0.05) is 49.4 Å². The Balaban J connectivity index is 1.73. The predicted molar refractivity (Wildman–Crippen MR) is 102 cm³/mol. The predicted octanol–water partition coefficient (Wildman–Crippen LogP) is 3.46. The zero-order valence-electron chi connectivity index (χ0n) is 14.9. The fourth-order valence-corrected chi connectivity index (χ4v) is 4.22. The Hall–Kier alpha value is -2.93. The molecule has 140 valence electrons. The van der Waals surface area contributed by atoms with E-state index in [1.54, 1.807) is 25.3 Å². The summed E-state index contributed by atoms with van der Waals surface area (Å²) in [5.74, 6) is 0.462. The summed E-state index contributed by atoms with van der Waals surface area (Å²) in [5, 5.41) is 2.68. The van der Waals surface area contributed by atoms with Crippen LogP contribution in [0.15, 0.2) is 70.1 Å². The lowest BCUT2D eigenvalue weighted by molar-refractivity contribution is 0.0944. The first-order chi connectivity index (χ1) is 13.0. The summed E-state index contributed by atoms with van der Waals surface area (Å²) in [4.78, 5) is 16.7. The van der Waals surface area contributed by atoms with E-state index in [-0.39, 0.29) is 22.8 Å². The van der Waals surface area contributed by atoms with Gasteiger partial charge in [0, 0.05) is 5.56 Å². The standard InChI is InChI=1S/C20H20N2O4S/c1-2-12-27(24,25)18-11-7-6-10-16(18)20(23)22-14-19-21-13-17(26-19)15-8-4-3-5-9-15/h3-11,13H,2,12,14H2,1H3,(H,22,23). The molecule has 0 aliphatic heterocycles. The highest BCUT2D eigenvalue weighted by Gasteiger charge is 2.21. The first-order valence-corrected chi connectivity index (χ1v) is 10.3. The topological polar surface area (TPSA) is 89.3 Å². The Morgan fingerprint density at radius 1 is 1.07 bits per heavy atom. The van der Waals surface area contributed by atoms with Gasteiger partial charge in [0.1, 0.15) is 0 Å². The Morgan fingerprint density at radius 3 is 2.52 bits per heavy atom. The van der Waals surface area contributed by atoms with Crippen molar-refractivity contribution in [3.05, 3.63) is 72.2 Å². The van der Waals surface area contributed by atoms with Crippen molar-refractivity contribution in [1.82, 2.24) is 10.3 Å². The minimum atomic E-state index is -3.50. The van der Waals surface area contributed by atoms with Gasteiger partial charge in [-0.05, 0) is 18.6 Å². The Bertz CT molecular complexity index is 1030. The fourth-order valence-electron chi connectivity index (χ4n) is 2.68. The highest BCUT2D eigenvalue weighted by molar-refractivity contribution is 7.91. The van der Waals surface area contributed by atoms with Gasteiger partial charge in [0.2, 0.25) is 5.89 Å². The number of benzene rings is 2. The van der Waals surface area contributed by atoms with Crippen molar-refractivity contribution in [2.24, 2.45) is 0 Å². The van der Waals surface area contributed by atoms with Crippen LogP contribution in [0.25, 0.3) is 11.3 Å². The molecule has 1 N–H and O–H groups in total. The molecule has 1 heterocycles. The first-order valence-electron chi connectivity index (χ1n) is 8.61. The second kappa shape index (κ2) is 8.18. The van der Waals surface area contributed by atoms with E-state index >= 15 is 0 Å². The maximum absolute atomic E-state index is 12.5. The number of oxazole rings is 1. The molecule has 0 atom stereocenters. The third-order valence-corrected chi connectivity index (χ3v) is 5.92. The number of sulfone groups is 1. The van der Waals surface area contributed by atoms with Crippen molar-refractivity contribution < 1.29 is 17.6 Å². The smallest absolute Gasteiger partial charge is 0.253 e. The highest BCUT2D eigenvalue weighted by Crippen LogP contribution is 2.20. The lowest BCUT2D eigenvalue weighted by atomic mass is 10.2. The molecule has 1 aromatic heterocycles. The van der Waals surface area contributed by atoms with Crippen LogP contribution in [0.1, 0.15) is 29.6 Å². The van der Waals surface area contributed by atoms with Gasteiger partial charge in [-0.15, -0.1) is 0 Å². The molecule has 27 heavy (non-hydrogen) atoms. The van der Waals surface area contributed by atoms with E-state index in [0.717, 1.165) is 5.56 Å². The number of hydrogen-bond acceptors (Lipinski definition) is 5. The highest BCUT2D eigenvalue weighted by atomic mass is 32.2. The van der Waals surface area contributed by atoms with Crippen LogP contribution < -0.4 is 5.32 Å². The average molecular weight is 384 g/mol. The number of hydrogen-bond donors (Lipinski definition) is 1. The largest absolute Gasteiger partial charge is 0.439 e. The average Bonchev–Trinajstić information content (AvgIpc) is 3.16. The quantitative estimate of drug-likeness (QED) is 0.674. The molecule has 3 aromatic rings. The van der Waals surface area contributed by atoms with Gasteiger partial charge >= 0.3 is 0 Å². The van der Waals surface area contributed by atoms with Gasteiger partial charge in [0.25, 0.3) is 5.91 Å². The summed E-state index contributed by atoms with van der Waals surface area (Å²) in [6, 6.07) is 15.7. The molecule has 1 amide bonds. The van der Waals surface area contributed by atoms with Crippen molar-refractivity contribution in [2.75, 3.05) is 5.75 Å². The zero-order valence-corrected chi connectivity index (χ0v) is 15.7. The lowest BCUT2D eigenvalue weighted by Gasteiger charge is -2.09. The number of carbonyl (C=O) groups excluding carboxylic acids is 1. The number of aromatic nitrogens is 1. The van der Waals surface area contributed by atoms with Crippen LogP contribution in [-0.4, -0.2) is 25.1 Å². The first kappa shape index (κ1) is 18.8. The molecule has 6 nitrogen and oxygen atoms in total. The molecule has 0 unspecified atom stereocenters. The summed E-state index contributed by atoms with van der Waals surface area (Å²) in [5.41, 5.74) is 1.01. The molecule has 0 fully saturated rings. The van der Waals surface area contributed by atoms with Gasteiger partial charge in [0.15, 0.2) is 15.6 Å². The van der Waals surface area contributed by atoms with E-state index in [9.17, 15) is 13.2 Å². The minimum Gasteiger partial charge on any atom is -0.439 e. The van der Waals surface area contributed by atoms with Crippen LogP contribution in [0.5, 0.6) is 0 Å². The van der Waals surface area contributed by atoms with Gasteiger partial charge in [-0.3, -0.25) is 4.79 Å². The van der Waals surface area contributed by atoms with Crippen molar-refractivity contribution in [3.8, 4) is 11.3 Å². The van der Waals surface area contributed by atoms with Gasteiger partial charge in [0.05, 0.1) is 29.0 Å². The van der Waals surface area contributed by atoms with E-state index in [2.05, 4.69) is 10.3 Å². The van der Waals surface area contributed by atoms with Crippen LogP contribution in [0.3, 0.4) is 0 Å². The Kier molecular flexibility index (Phi) is 5.71. The number of amides is 1. The van der Waals surface area contributed by atoms with Gasteiger partial charge in [-0.25, -0.2) is 13.4 Å². The van der Waals surface area contributed by atoms with E-state index in [4.69, 9.17) is 4.42 Å². The Morgan fingerprint density at radius 2 is 1.78 bits per heavy atom.